The van der Waals surface area contributed by atoms with E-state index in [4.69, 9.17) is 16.3 Å². The minimum atomic E-state index is 0.543. The van der Waals surface area contributed by atoms with Crippen LogP contribution in [0, 0.1) is 0 Å². The monoisotopic (exact) mass is 289 g/mol. The van der Waals surface area contributed by atoms with Crippen LogP contribution in [0.5, 0.6) is 10.9 Å². The number of aromatic nitrogens is 1. The van der Waals surface area contributed by atoms with E-state index in [1.54, 1.807) is 6.20 Å². The molecule has 0 saturated heterocycles. The molecule has 0 atom stereocenters. The molecular formula is C9H5BrClNOS. The zero-order chi connectivity index (χ0) is 9.97. The van der Waals surface area contributed by atoms with Gasteiger partial charge in [0, 0.05) is 0 Å². The van der Waals surface area contributed by atoms with E-state index in [1.807, 2.05) is 24.3 Å². The Morgan fingerprint density at radius 3 is 2.79 bits per heavy atom. The maximum Gasteiger partial charge on any atom is 0.280 e. The van der Waals surface area contributed by atoms with Crippen LogP contribution >= 0.6 is 38.9 Å². The minimum Gasteiger partial charge on any atom is -0.430 e. The van der Waals surface area contributed by atoms with Crippen LogP contribution in [0.15, 0.2) is 34.9 Å². The van der Waals surface area contributed by atoms with Gasteiger partial charge in [-0.25, -0.2) is 4.98 Å². The van der Waals surface area contributed by atoms with Gasteiger partial charge in [-0.3, -0.25) is 0 Å². The van der Waals surface area contributed by atoms with Crippen LogP contribution in [0.25, 0.3) is 0 Å². The van der Waals surface area contributed by atoms with Gasteiger partial charge in [-0.05, 0) is 28.1 Å². The molecule has 14 heavy (non-hydrogen) atoms. The van der Waals surface area contributed by atoms with Crippen molar-refractivity contribution in [1.29, 1.82) is 0 Å². The highest BCUT2D eigenvalue weighted by molar-refractivity contribution is 9.10. The average Bonchev–Trinajstić information content (AvgIpc) is 2.56. The molecular weight excluding hydrogens is 286 g/mol. The van der Waals surface area contributed by atoms with E-state index in [0.717, 1.165) is 10.2 Å². The largest absolute Gasteiger partial charge is 0.430 e. The SMILES string of the molecule is Clc1cnc(Oc2ccccc2Br)s1. The number of hydrogen-bond donors (Lipinski definition) is 0. The molecule has 0 spiro atoms. The predicted octanol–water partition coefficient (Wildman–Crippen LogP) is 4.35. The lowest BCUT2D eigenvalue weighted by atomic mass is 10.3. The van der Waals surface area contributed by atoms with Crippen LogP contribution in [0.1, 0.15) is 0 Å². The summed E-state index contributed by atoms with van der Waals surface area (Å²) in [6.07, 6.45) is 1.57. The summed E-state index contributed by atoms with van der Waals surface area (Å²) in [5.41, 5.74) is 0. The first-order chi connectivity index (χ1) is 6.75. The summed E-state index contributed by atoms with van der Waals surface area (Å²) in [6, 6.07) is 7.59. The smallest absolute Gasteiger partial charge is 0.280 e. The van der Waals surface area contributed by atoms with Crippen molar-refractivity contribution in [2.24, 2.45) is 0 Å². The second-order valence-electron chi connectivity index (χ2n) is 2.46. The molecule has 0 bridgehead atoms. The molecule has 1 aromatic heterocycles. The van der Waals surface area contributed by atoms with Crippen molar-refractivity contribution in [2.75, 3.05) is 0 Å². The summed E-state index contributed by atoms with van der Waals surface area (Å²) in [5, 5.41) is 0.543. The Hall–Kier alpha value is -0.580. The number of hydrogen-bond acceptors (Lipinski definition) is 3. The first-order valence-corrected chi connectivity index (χ1v) is 5.78. The van der Waals surface area contributed by atoms with Gasteiger partial charge in [0.1, 0.15) is 10.1 Å². The molecule has 2 rings (SSSR count). The quantitative estimate of drug-likeness (QED) is 0.820. The van der Waals surface area contributed by atoms with Crippen molar-refractivity contribution in [1.82, 2.24) is 4.98 Å². The molecule has 0 amide bonds. The van der Waals surface area contributed by atoms with Gasteiger partial charge in [-0.15, -0.1) is 0 Å². The van der Waals surface area contributed by atoms with Crippen molar-refractivity contribution in [3.63, 3.8) is 0 Å². The molecule has 72 valence electrons. The van der Waals surface area contributed by atoms with Gasteiger partial charge in [0.05, 0.1) is 10.7 Å². The minimum absolute atomic E-state index is 0.543. The highest BCUT2D eigenvalue weighted by Gasteiger charge is 2.04. The van der Waals surface area contributed by atoms with Crippen LogP contribution in [0.4, 0.5) is 0 Å². The fourth-order valence-electron chi connectivity index (χ4n) is 0.908. The van der Waals surface area contributed by atoms with Crippen molar-refractivity contribution in [3.05, 3.63) is 39.3 Å². The number of thiazole rings is 1. The van der Waals surface area contributed by atoms with E-state index in [-0.39, 0.29) is 0 Å². The molecule has 0 aliphatic heterocycles. The molecule has 2 nitrogen and oxygen atoms in total. The summed E-state index contributed by atoms with van der Waals surface area (Å²) in [5.74, 6) is 0.735. The topological polar surface area (TPSA) is 22.1 Å². The number of ether oxygens (including phenoxy) is 1. The number of benzene rings is 1. The Morgan fingerprint density at radius 2 is 2.14 bits per heavy atom. The average molecular weight is 291 g/mol. The summed E-state index contributed by atoms with van der Waals surface area (Å²) >= 11 is 10.4. The fourth-order valence-corrected chi connectivity index (χ4v) is 2.03. The second kappa shape index (κ2) is 4.29. The maximum absolute atomic E-state index is 5.73. The lowest BCUT2D eigenvalue weighted by Crippen LogP contribution is -1.82. The highest BCUT2D eigenvalue weighted by Crippen LogP contribution is 2.32. The van der Waals surface area contributed by atoms with Gasteiger partial charge in [0.2, 0.25) is 0 Å². The van der Waals surface area contributed by atoms with Crippen molar-refractivity contribution >= 4 is 38.9 Å². The van der Waals surface area contributed by atoms with Gasteiger partial charge >= 0.3 is 0 Å². The summed E-state index contributed by atoms with van der Waals surface area (Å²) in [4.78, 5) is 4.00. The van der Waals surface area contributed by atoms with Gasteiger partial charge in [0.15, 0.2) is 0 Å². The molecule has 2 aromatic rings. The van der Waals surface area contributed by atoms with Gasteiger partial charge in [-0.1, -0.05) is 35.1 Å². The zero-order valence-electron chi connectivity index (χ0n) is 6.91. The van der Waals surface area contributed by atoms with Crippen molar-refractivity contribution < 1.29 is 4.74 Å². The summed E-state index contributed by atoms with van der Waals surface area (Å²) in [6.45, 7) is 0. The Balaban J connectivity index is 2.23. The van der Waals surface area contributed by atoms with Crippen molar-refractivity contribution in [2.45, 2.75) is 0 Å². The molecule has 0 N–H and O–H groups in total. The number of para-hydroxylation sites is 1. The molecule has 5 heteroatoms. The Kier molecular flexibility index (Phi) is 3.05. The first kappa shape index (κ1) is 9.96. The van der Waals surface area contributed by atoms with E-state index in [9.17, 15) is 0 Å². The van der Waals surface area contributed by atoms with Gasteiger partial charge in [0.25, 0.3) is 5.19 Å². The van der Waals surface area contributed by atoms with Crippen LogP contribution < -0.4 is 4.74 Å². The normalized spacial score (nSPS) is 10.1. The number of rotatable bonds is 2. The fraction of sp³-hybridized carbons (Fsp3) is 0. The molecule has 1 heterocycles. The van der Waals surface area contributed by atoms with Crippen LogP contribution in [-0.2, 0) is 0 Å². The highest BCUT2D eigenvalue weighted by atomic mass is 79.9. The predicted molar refractivity (Wildman–Crippen MR) is 61.3 cm³/mol. The van der Waals surface area contributed by atoms with E-state index < -0.39 is 0 Å². The molecule has 0 radical (unpaired) electrons. The molecule has 0 unspecified atom stereocenters. The molecule has 1 aromatic carbocycles. The van der Waals surface area contributed by atoms with Gasteiger partial charge < -0.3 is 4.74 Å². The third-order valence-corrected chi connectivity index (χ3v) is 3.14. The summed E-state index contributed by atoms with van der Waals surface area (Å²) in [7, 11) is 0. The maximum atomic E-state index is 5.73. The second-order valence-corrected chi connectivity index (χ2v) is 4.94. The van der Waals surface area contributed by atoms with Gasteiger partial charge in [-0.2, -0.15) is 0 Å². The lowest BCUT2D eigenvalue weighted by Gasteiger charge is -2.02. The van der Waals surface area contributed by atoms with Crippen LogP contribution in [0.3, 0.4) is 0 Å². The third kappa shape index (κ3) is 2.26. The molecule has 0 fully saturated rings. The summed E-state index contributed by atoms with van der Waals surface area (Å²) < 4.78 is 7.02. The molecule has 0 aliphatic carbocycles. The standard InChI is InChI=1S/C9H5BrClNOS/c10-6-3-1-2-4-7(6)13-9-12-5-8(11)14-9/h1-5H. The Morgan fingerprint density at radius 1 is 1.36 bits per heavy atom. The van der Waals surface area contributed by atoms with E-state index in [0.29, 0.717) is 9.53 Å². The first-order valence-electron chi connectivity index (χ1n) is 3.79. The third-order valence-electron chi connectivity index (χ3n) is 1.49. The molecule has 0 aliphatic rings. The molecule has 0 saturated carbocycles. The van der Waals surface area contributed by atoms with E-state index in [1.165, 1.54) is 11.3 Å². The number of nitrogens with zero attached hydrogens (tertiary/aromatic N) is 1. The lowest BCUT2D eigenvalue weighted by molar-refractivity contribution is 0.476. The van der Waals surface area contributed by atoms with Crippen molar-refractivity contribution in [3.8, 4) is 10.9 Å². The van der Waals surface area contributed by atoms with E-state index >= 15 is 0 Å². The van der Waals surface area contributed by atoms with E-state index in [2.05, 4.69) is 20.9 Å². The van der Waals surface area contributed by atoms with Crippen LogP contribution in [0.2, 0.25) is 4.34 Å². The van der Waals surface area contributed by atoms with Crippen LogP contribution in [-0.4, -0.2) is 4.98 Å². The Labute approximate surface area is 98.6 Å². The zero-order valence-corrected chi connectivity index (χ0v) is 10.1. The Bertz CT molecular complexity index is 446. The number of halogens is 2.